The summed E-state index contributed by atoms with van der Waals surface area (Å²) in [6.07, 6.45) is 0.0959. The maximum absolute atomic E-state index is 13.5. The van der Waals surface area contributed by atoms with E-state index in [2.05, 4.69) is 5.32 Å². The molecule has 36 heavy (non-hydrogen) atoms. The highest BCUT2D eigenvalue weighted by Gasteiger charge is 2.26. The van der Waals surface area contributed by atoms with Crippen molar-refractivity contribution in [3.05, 3.63) is 88.4 Å². The number of benzene rings is 3. The molecule has 0 heterocycles. The fourth-order valence-electron chi connectivity index (χ4n) is 3.75. The van der Waals surface area contributed by atoms with Crippen LogP contribution in [0.15, 0.2) is 66.7 Å². The molecule has 0 aromatic heterocycles. The molecule has 0 aliphatic rings. The fourth-order valence-corrected chi connectivity index (χ4v) is 3.95. The maximum atomic E-state index is 13.5. The second kappa shape index (κ2) is 12.8. The van der Waals surface area contributed by atoms with Gasteiger partial charge in [-0.3, -0.25) is 9.59 Å². The van der Waals surface area contributed by atoms with Gasteiger partial charge in [-0.1, -0.05) is 48.0 Å². The molecule has 0 aliphatic carbocycles. The Balaban J connectivity index is 1.80. The van der Waals surface area contributed by atoms with Crippen LogP contribution in [0.5, 0.6) is 17.2 Å². The van der Waals surface area contributed by atoms with E-state index in [0.29, 0.717) is 22.3 Å². The predicted octanol–water partition coefficient (Wildman–Crippen LogP) is 4.64. The van der Waals surface area contributed by atoms with Gasteiger partial charge in [0.1, 0.15) is 11.8 Å². The third-order valence-corrected chi connectivity index (χ3v) is 6.26. The van der Waals surface area contributed by atoms with E-state index >= 15 is 0 Å². The number of nitrogens with zero attached hydrogens (tertiary/aromatic N) is 1. The van der Waals surface area contributed by atoms with Gasteiger partial charge in [-0.15, -0.1) is 0 Å². The molecule has 0 spiro atoms. The summed E-state index contributed by atoms with van der Waals surface area (Å²) < 4.78 is 15.9. The highest BCUT2D eigenvalue weighted by Crippen LogP contribution is 2.28. The van der Waals surface area contributed by atoms with Crippen molar-refractivity contribution in [2.75, 3.05) is 21.3 Å². The summed E-state index contributed by atoms with van der Waals surface area (Å²) in [5.41, 5.74) is 2.43. The molecule has 0 bridgehead atoms. The smallest absolute Gasteiger partial charge is 0.242 e. The molecule has 1 N–H and O–H groups in total. The maximum Gasteiger partial charge on any atom is 0.242 e. The molecule has 3 rings (SSSR count). The van der Waals surface area contributed by atoms with Gasteiger partial charge in [0.15, 0.2) is 11.5 Å². The van der Waals surface area contributed by atoms with Crippen molar-refractivity contribution < 1.29 is 23.8 Å². The van der Waals surface area contributed by atoms with Crippen LogP contribution in [-0.4, -0.2) is 44.1 Å². The lowest BCUT2D eigenvalue weighted by Gasteiger charge is -2.29. The van der Waals surface area contributed by atoms with Gasteiger partial charge in [0.25, 0.3) is 0 Å². The number of hydrogen-bond donors (Lipinski definition) is 1. The number of carbonyl (C=O) groups excluding carboxylic acids is 2. The molecule has 1 unspecified atom stereocenters. The summed E-state index contributed by atoms with van der Waals surface area (Å²) in [5, 5.41) is 3.48. The molecular weight excluding hydrogens is 480 g/mol. The summed E-state index contributed by atoms with van der Waals surface area (Å²) in [4.78, 5) is 28.2. The third kappa shape index (κ3) is 6.92. The van der Waals surface area contributed by atoms with E-state index < -0.39 is 6.04 Å². The van der Waals surface area contributed by atoms with Crippen LogP contribution in [0.3, 0.4) is 0 Å². The van der Waals surface area contributed by atoms with Crippen molar-refractivity contribution in [1.29, 1.82) is 0 Å². The Kier molecular flexibility index (Phi) is 9.59. The molecule has 0 saturated heterocycles. The Morgan fingerprint density at radius 1 is 0.889 bits per heavy atom. The SMILES string of the molecule is COc1ccc(CN(C(=O)Cc2ccc(OC)c(OC)c2)C(C)C(=O)NCc2ccccc2Cl)cc1. The van der Waals surface area contributed by atoms with Crippen LogP contribution in [0, 0.1) is 0 Å². The van der Waals surface area contributed by atoms with Crippen LogP contribution in [0.4, 0.5) is 0 Å². The van der Waals surface area contributed by atoms with Crippen molar-refractivity contribution in [2.45, 2.75) is 32.5 Å². The van der Waals surface area contributed by atoms with E-state index in [0.717, 1.165) is 16.7 Å². The summed E-state index contributed by atoms with van der Waals surface area (Å²) in [6.45, 7) is 2.25. The molecular formula is C28H31ClN2O5. The Hall–Kier alpha value is -3.71. The Morgan fingerprint density at radius 3 is 2.19 bits per heavy atom. The quantitative estimate of drug-likeness (QED) is 0.406. The summed E-state index contributed by atoms with van der Waals surface area (Å²) in [6, 6.07) is 19.4. The molecule has 7 nitrogen and oxygen atoms in total. The molecule has 0 saturated carbocycles. The second-order valence-electron chi connectivity index (χ2n) is 8.22. The molecule has 190 valence electrons. The number of nitrogens with one attached hydrogen (secondary N) is 1. The molecule has 2 amide bonds. The predicted molar refractivity (Wildman–Crippen MR) is 140 cm³/mol. The first-order chi connectivity index (χ1) is 17.4. The number of hydrogen-bond acceptors (Lipinski definition) is 5. The lowest BCUT2D eigenvalue weighted by atomic mass is 10.1. The van der Waals surface area contributed by atoms with Crippen molar-refractivity contribution in [1.82, 2.24) is 10.2 Å². The first-order valence-electron chi connectivity index (χ1n) is 11.5. The minimum atomic E-state index is -0.720. The third-order valence-electron chi connectivity index (χ3n) is 5.89. The molecule has 3 aromatic carbocycles. The largest absolute Gasteiger partial charge is 0.497 e. The highest BCUT2D eigenvalue weighted by atomic mass is 35.5. The zero-order valence-electron chi connectivity index (χ0n) is 20.9. The average molecular weight is 511 g/mol. The monoisotopic (exact) mass is 510 g/mol. The van der Waals surface area contributed by atoms with E-state index in [1.807, 2.05) is 48.5 Å². The zero-order valence-corrected chi connectivity index (χ0v) is 21.7. The van der Waals surface area contributed by atoms with E-state index in [9.17, 15) is 9.59 Å². The van der Waals surface area contributed by atoms with E-state index in [1.165, 1.54) is 0 Å². The highest BCUT2D eigenvalue weighted by molar-refractivity contribution is 6.31. The topological polar surface area (TPSA) is 77.1 Å². The van der Waals surface area contributed by atoms with Gasteiger partial charge >= 0.3 is 0 Å². The van der Waals surface area contributed by atoms with E-state index in [4.69, 9.17) is 25.8 Å². The molecule has 3 aromatic rings. The van der Waals surface area contributed by atoms with Crippen LogP contribution in [0.1, 0.15) is 23.6 Å². The molecule has 0 fully saturated rings. The first-order valence-corrected chi connectivity index (χ1v) is 11.9. The van der Waals surface area contributed by atoms with Crippen molar-refractivity contribution >= 4 is 23.4 Å². The second-order valence-corrected chi connectivity index (χ2v) is 8.63. The van der Waals surface area contributed by atoms with Crippen LogP contribution < -0.4 is 19.5 Å². The van der Waals surface area contributed by atoms with Gasteiger partial charge < -0.3 is 24.4 Å². The molecule has 1 atom stereocenters. The van der Waals surface area contributed by atoms with Crippen molar-refractivity contribution in [2.24, 2.45) is 0 Å². The normalized spacial score (nSPS) is 11.4. The van der Waals surface area contributed by atoms with Crippen LogP contribution in [-0.2, 0) is 29.1 Å². The summed E-state index contributed by atoms with van der Waals surface area (Å²) >= 11 is 6.22. The lowest BCUT2D eigenvalue weighted by molar-refractivity contribution is -0.140. The zero-order chi connectivity index (χ0) is 26.1. The van der Waals surface area contributed by atoms with Crippen molar-refractivity contribution in [3.63, 3.8) is 0 Å². The van der Waals surface area contributed by atoms with E-state index in [-0.39, 0.29) is 31.3 Å². The van der Waals surface area contributed by atoms with Gasteiger partial charge in [0.05, 0.1) is 27.8 Å². The lowest BCUT2D eigenvalue weighted by Crippen LogP contribution is -2.48. The number of ether oxygens (including phenoxy) is 3. The van der Waals surface area contributed by atoms with Gasteiger partial charge in [-0.2, -0.15) is 0 Å². The van der Waals surface area contributed by atoms with Gasteiger partial charge in [-0.05, 0) is 53.9 Å². The summed E-state index contributed by atoms with van der Waals surface area (Å²) in [7, 11) is 4.70. The van der Waals surface area contributed by atoms with Gasteiger partial charge in [0.2, 0.25) is 11.8 Å². The van der Waals surface area contributed by atoms with Crippen molar-refractivity contribution in [3.8, 4) is 17.2 Å². The van der Waals surface area contributed by atoms with E-state index in [1.54, 1.807) is 51.4 Å². The molecule has 0 radical (unpaired) electrons. The van der Waals surface area contributed by atoms with Crippen LogP contribution in [0.25, 0.3) is 0 Å². The number of methoxy groups -OCH3 is 3. The Bertz CT molecular complexity index is 1180. The average Bonchev–Trinajstić information content (AvgIpc) is 2.90. The van der Waals surface area contributed by atoms with Crippen LogP contribution in [0.2, 0.25) is 5.02 Å². The minimum absolute atomic E-state index is 0.0959. The molecule has 8 heteroatoms. The Morgan fingerprint density at radius 2 is 1.56 bits per heavy atom. The standard InChI is InChI=1S/C28H31ClN2O5/c1-19(28(33)30-17-22-7-5-6-8-24(22)29)31(18-20-9-12-23(34-2)13-10-20)27(32)16-21-11-14-25(35-3)26(15-21)36-4/h5-15,19H,16-18H2,1-4H3,(H,30,33). The Labute approximate surface area is 216 Å². The summed E-state index contributed by atoms with van der Waals surface area (Å²) in [5.74, 6) is 1.36. The van der Waals surface area contributed by atoms with Gasteiger partial charge in [-0.25, -0.2) is 0 Å². The van der Waals surface area contributed by atoms with Crippen LogP contribution >= 0.6 is 11.6 Å². The molecule has 0 aliphatic heterocycles. The first kappa shape index (κ1) is 26.9. The number of rotatable bonds is 11. The van der Waals surface area contributed by atoms with Gasteiger partial charge in [0, 0.05) is 18.1 Å². The number of amides is 2. The number of carbonyl (C=O) groups is 2. The minimum Gasteiger partial charge on any atom is -0.497 e. The fraction of sp³-hybridized carbons (Fsp3) is 0.286. The number of halogens is 1.